The van der Waals surface area contributed by atoms with E-state index in [1.165, 1.54) is 41.3 Å². The maximum Gasteiger partial charge on any atom is 0.228 e. The standard InChI is InChI=1S/C32H33N3O6S3/c1-32(2,43(5,38)39)26-20-25-10-7-15-33-30(25)28(21-26)24-9-6-8-22(18-24)19-29(44(40,41)31-34-16-17-35(31)3)23-11-13-27(14-12-23)42(4,36)37/h6-18,20-21,29H,19H2,1-5H3. The molecule has 230 valence electrons. The van der Waals surface area contributed by atoms with E-state index in [4.69, 9.17) is 0 Å². The largest absolute Gasteiger partial charge is 0.325 e. The van der Waals surface area contributed by atoms with Gasteiger partial charge in [0, 0.05) is 49.1 Å². The summed E-state index contributed by atoms with van der Waals surface area (Å²) in [6, 6.07) is 20.6. The first-order chi connectivity index (χ1) is 20.5. The molecular weight excluding hydrogens is 619 g/mol. The minimum Gasteiger partial charge on any atom is -0.325 e. The summed E-state index contributed by atoms with van der Waals surface area (Å²) in [5.74, 6) is 0. The van der Waals surface area contributed by atoms with Crippen molar-refractivity contribution < 1.29 is 25.3 Å². The molecule has 9 nitrogen and oxygen atoms in total. The highest BCUT2D eigenvalue weighted by atomic mass is 32.2. The Morgan fingerprint density at radius 1 is 0.818 bits per heavy atom. The molecule has 12 heteroatoms. The van der Waals surface area contributed by atoms with Gasteiger partial charge in [-0.05, 0) is 72.9 Å². The van der Waals surface area contributed by atoms with Crippen molar-refractivity contribution in [3.05, 3.63) is 108 Å². The lowest BCUT2D eigenvalue weighted by Gasteiger charge is -2.24. The Morgan fingerprint density at radius 3 is 2.14 bits per heavy atom. The van der Waals surface area contributed by atoms with Crippen LogP contribution >= 0.6 is 0 Å². The molecule has 3 aromatic carbocycles. The molecule has 1 unspecified atom stereocenters. The van der Waals surface area contributed by atoms with Gasteiger partial charge >= 0.3 is 0 Å². The minimum absolute atomic E-state index is 0.0706. The molecule has 0 aliphatic rings. The highest BCUT2D eigenvalue weighted by Gasteiger charge is 2.34. The van der Waals surface area contributed by atoms with E-state index in [0.29, 0.717) is 22.2 Å². The number of rotatable bonds is 9. The summed E-state index contributed by atoms with van der Waals surface area (Å²) in [6.07, 6.45) is 7.03. The molecule has 1 atom stereocenters. The monoisotopic (exact) mass is 651 g/mol. The fraction of sp³-hybridized carbons (Fsp3) is 0.250. The van der Waals surface area contributed by atoms with E-state index >= 15 is 0 Å². The van der Waals surface area contributed by atoms with Crippen molar-refractivity contribution in [2.24, 2.45) is 7.05 Å². The van der Waals surface area contributed by atoms with Gasteiger partial charge in [0.2, 0.25) is 15.0 Å². The molecule has 0 radical (unpaired) electrons. The average Bonchev–Trinajstić information content (AvgIpc) is 3.41. The number of imidazole rings is 1. The number of sulfone groups is 3. The number of aryl methyl sites for hydroxylation is 1. The molecule has 0 aliphatic heterocycles. The maximum absolute atomic E-state index is 14.0. The van der Waals surface area contributed by atoms with Crippen LogP contribution in [0.5, 0.6) is 0 Å². The zero-order valence-corrected chi connectivity index (χ0v) is 27.4. The van der Waals surface area contributed by atoms with Crippen LogP contribution in [0.1, 0.15) is 35.8 Å². The van der Waals surface area contributed by atoms with E-state index < -0.39 is 39.5 Å². The third-order valence-corrected chi connectivity index (χ3v) is 13.4. The third-order valence-electron chi connectivity index (χ3n) is 8.07. The quantitative estimate of drug-likeness (QED) is 0.216. The van der Waals surface area contributed by atoms with Crippen LogP contribution in [0.2, 0.25) is 0 Å². The summed E-state index contributed by atoms with van der Waals surface area (Å²) >= 11 is 0. The number of benzene rings is 3. The molecule has 0 saturated carbocycles. The zero-order chi connectivity index (χ0) is 32.1. The van der Waals surface area contributed by atoms with Gasteiger partial charge in [0.1, 0.15) is 0 Å². The lowest BCUT2D eigenvalue weighted by Crippen LogP contribution is -2.28. The summed E-state index contributed by atoms with van der Waals surface area (Å²) in [5.41, 5.74) is 3.90. The molecule has 2 heterocycles. The Hall–Kier alpha value is -3.87. The number of pyridine rings is 1. The first-order valence-electron chi connectivity index (χ1n) is 13.7. The predicted molar refractivity (Wildman–Crippen MR) is 171 cm³/mol. The zero-order valence-electron chi connectivity index (χ0n) is 25.0. The molecule has 2 aromatic heterocycles. The second kappa shape index (κ2) is 11.2. The first-order valence-corrected chi connectivity index (χ1v) is 19.0. The Kier molecular flexibility index (Phi) is 8.06. The van der Waals surface area contributed by atoms with Gasteiger partial charge in [-0.25, -0.2) is 30.2 Å². The molecule has 0 bridgehead atoms. The van der Waals surface area contributed by atoms with Crippen LogP contribution in [-0.4, -0.2) is 52.3 Å². The Balaban J connectivity index is 1.64. The van der Waals surface area contributed by atoms with Crippen LogP contribution in [0.15, 0.2) is 101 Å². The summed E-state index contributed by atoms with van der Waals surface area (Å²) in [7, 11) is -9.36. The molecule has 0 spiro atoms. The summed E-state index contributed by atoms with van der Waals surface area (Å²) in [4.78, 5) is 8.78. The topological polar surface area (TPSA) is 133 Å². The average molecular weight is 652 g/mol. The number of aromatic nitrogens is 3. The van der Waals surface area contributed by atoms with Gasteiger partial charge in [-0.2, -0.15) is 0 Å². The predicted octanol–water partition coefficient (Wildman–Crippen LogP) is 5.08. The highest BCUT2D eigenvalue weighted by Crippen LogP contribution is 2.38. The maximum atomic E-state index is 14.0. The van der Waals surface area contributed by atoms with E-state index in [1.807, 2.05) is 42.5 Å². The van der Waals surface area contributed by atoms with Crippen molar-refractivity contribution in [1.82, 2.24) is 14.5 Å². The number of fused-ring (bicyclic) bond motifs is 1. The van der Waals surface area contributed by atoms with E-state index in [9.17, 15) is 25.3 Å². The Morgan fingerprint density at radius 2 is 1.52 bits per heavy atom. The second-order valence-corrected chi connectivity index (χ2v) is 18.1. The van der Waals surface area contributed by atoms with Crippen LogP contribution in [-0.2, 0) is 47.7 Å². The fourth-order valence-corrected chi connectivity index (χ4v) is 8.17. The minimum atomic E-state index is -4.02. The first kappa shape index (κ1) is 31.6. The van der Waals surface area contributed by atoms with Gasteiger partial charge in [-0.3, -0.25) is 4.98 Å². The molecule has 5 aromatic rings. The van der Waals surface area contributed by atoms with Crippen LogP contribution in [0.25, 0.3) is 22.0 Å². The Labute approximate surface area is 258 Å². The SMILES string of the molecule is Cn1ccnc1S(=O)(=O)C(Cc1cccc(-c2cc(C(C)(C)S(C)(=O)=O)cc3cccnc23)c1)c1ccc(S(C)(=O)=O)cc1. The van der Waals surface area contributed by atoms with Crippen LogP contribution in [0.4, 0.5) is 0 Å². The van der Waals surface area contributed by atoms with Crippen LogP contribution < -0.4 is 0 Å². The van der Waals surface area contributed by atoms with E-state index in [0.717, 1.165) is 22.8 Å². The Bertz CT molecular complexity index is 2210. The smallest absolute Gasteiger partial charge is 0.228 e. The molecule has 0 amide bonds. The normalized spacial score (nSPS) is 13.7. The number of nitrogens with zero attached hydrogens (tertiary/aromatic N) is 3. The van der Waals surface area contributed by atoms with Crippen molar-refractivity contribution in [2.45, 2.75) is 40.3 Å². The summed E-state index contributed by atoms with van der Waals surface area (Å²) < 4.78 is 77.9. The van der Waals surface area contributed by atoms with Crippen molar-refractivity contribution in [2.75, 3.05) is 12.5 Å². The lowest BCUT2D eigenvalue weighted by molar-refractivity contribution is 0.561. The van der Waals surface area contributed by atoms with E-state index in [-0.39, 0.29) is 16.5 Å². The molecular formula is C32H33N3O6S3. The number of hydrogen-bond acceptors (Lipinski definition) is 8. The van der Waals surface area contributed by atoms with Crippen molar-refractivity contribution in [3.63, 3.8) is 0 Å². The molecule has 0 saturated heterocycles. The molecule has 0 fully saturated rings. The van der Waals surface area contributed by atoms with Crippen molar-refractivity contribution in [3.8, 4) is 11.1 Å². The molecule has 44 heavy (non-hydrogen) atoms. The van der Waals surface area contributed by atoms with Crippen LogP contribution in [0, 0.1) is 0 Å². The number of hydrogen-bond donors (Lipinski definition) is 0. The highest BCUT2D eigenvalue weighted by molar-refractivity contribution is 7.92. The van der Waals surface area contributed by atoms with Gasteiger partial charge in [-0.15, -0.1) is 0 Å². The van der Waals surface area contributed by atoms with Crippen molar-refractivity contribution >= 4 is 40.4 Å². The molecule has 0 N–H and O–H groups in total. The van der Waals surface area contributed by atoms with Crippen molar-refractivity contribution in [1.29, 1.82) is 0 Å². The molecule has 0 aliphatic carbocycles. The van der Waals surface area contributed by atoms with Gasteiger partial charge in [-0.1, -0.05) is 42.5 Å². The van der Waals surface area contributed by atoms with Gasteiger partial charge in [0.25, 0.3) is 0 Å². The van der Waals surface area contributed by atoms with Crippen LogP contribution in [0.3, 0.4) is 0 Å². The van der Waals surface area contributed by atoms with Gasteiger partial charge in [0.05, 0.1) is 20.4 Å². The fourth-order valence-electron chi connectivity index (χ4n) is 5.14. The summed E-state index contributed by atoms with van der Waals surface area (Å²) in [5, 5.41) is -0.391. The van der Waals surface area contributed by atoms with Gasteiger partial charge in [0.15, 0.2) is 19.7 Å². The van der Waals surface area contributed by atoms with Gasteiger partial charge < -0.3 is 4.57 Å². The third kappa shape index (κ3) is 5.93. The second-order valence-electron chi connectivity index (χ2n) is 11.5. The van der Waals surface area contributed by atoms with E-state index in [2.05, 4.69) is 9.97 Å². The lowest BCUT2D eigenvalue weighted by atomic mass is 9.92. The van der Waals surface area contributed by atoms with E-state index in [1.54, 1.807) is 39.4 Å². The summed E-state index contributed by atoms with van der Waals surface area (Å²) in [6.45, 7) is 3.34. The molecule has 5 rings (SSSR count).